The second-order valence-corrected chi connectivity index (χ2v) is 9.27. The van der Waals surface area contributed by atoms with Crippen molar-refractivity contribution in [1.82, 2.24) is 19.2 Å². The lowest BCUT2D eigenvalue weighted by molar-refractivity contribution is -0.132. The molecular formula is C28H32N4O2. The molecule has 0 atom stereocenters. The highest BCUT2D eigenvalue weighted by molar-refractivity contribution is 5.85. The first-order valence-electron chi connectivity index (χ1n) is 12.2. The van der Waals surface area contributed by atoms with Crippen LogP contribution in [0.25, 0.3) is 22.0 Å². The summed E-state index contributed by atoms with van der Waals surface area (Å²) in [5, 5.41) is 14.6. The van der Waals surface area contributed by atoms with Crippen molar-refractivity contribution in [2.75, 3.05) is 19.7 Å². The molecule has 1 saturated heterocycles. The molecule has 3 heterocycles. The Bertz CT molecular complexity index is 1240. The summed E-state index contributed by atoms with van der Waals surface area (Å²) < 4.78 is 4.12. The number of aliphatic hydroxyl groups excluding tert-OH is 1. The van der Waals surface area contributed by atoms with Crippen molar-refractivity contribution in [3.8, 4) is 11.1 Å². The molecule has 6 nitrogen and oxygen atoms in total. The molecule has 2 aromatic heterocycles. The highest BCUT2D eigenvalue weighted by Gasteiger charge is 2.23. The molecule has 1 N–H and O–H groups in total. The smallest absolute Gasteiger partial charge is 0.222 e. The van der Waals surface area contributed by atoms with E-state index in [-0.39, 0.29) is 12.5 Å². The van der Waals surface area contributed by atoms with Crippen LogP contribution in [-0.2, 0) is 24.3 Å². The van der Waals surface area contributed by atoms with Crippen LogP contribution in [0.15, 0.2) is 73.2 Å². The van der Waals surface area contributed by atoms with E-state index in [1.165, 1.54) is 16.5 Å². The van der Waals surface area contributed by atoms with E-state index in [1.807, 2.05) is 30.6 Å². The summed E-state index contributed by atoms with van der Waals surface area (Å²) in [6.45, 7) is 3.31. The maximum atomic E-state index is 12.7. The number of carbonyl (C=O) groups excluding carboxylic acids is 1. The van der Waals surface area contributed by atoms with Crippen molar-refractivity contribution in [2.24, 2.45) is 5.92 Å². The van der Waals surface area contributed by atoms with E-state index in [0.717, 1.165) is 50.0 Å². The highest BCUT2D eigenvalue weighted by Crippen LogP contribution is 2.27. The fraction of sp³-hybridized carbons (Fsp3) is 0.357. The van der Waals surface area contributed by atoms with Gasteiger partial charge in [-0.05, 0) is 54.5 Å². The Hall–Kier alpha value is -3.38. The molecule has 0 saturated carbocycles. The number of rotatable bonds is 8. The molecule has 1 amide bonds. The standard InChI is InChI=1S/C28H32N4O2/c33-17-16-32-21-26(19-29-32)24-7-8-27-25(18-24)12-15-31(27)20-23-10-13-30(14-11-23)28(34)9-6-22-4-2-1-3-5-22/h1-5,7-8,12,15,18-19,21,23,33H,6,9-11,13-14,16-17,20H2. The predicted octanol–water partition coefficient (Wildman–Crippen LogP) is 4.37. The maximum Gasteiger partial charge on any atom is 0.222 e. The molecule has 1 fully saturated rings. The molecule has 0 unspecified atom stereocenters. The number of nitrogens with zero attached hydrogens (tertiary/aromatic N) is 4. The first-order valence-corrected chi connectivity index (χ1v) is 12.2. The van der Waals surface area contributed by atoms with Crippen LogP contribution in [0.4, 0.5) is 0 Å². The summed E-state index contributed by atoms with van der Waals surface area (Å²) in [4.78, 5) is 14.7. The lowest BCUT2D eigenvalue weighted by atomic mass is 9.96. The van der Waals surface area contributed by atoms with Crippen LogP contribution in [0.2, 0.25) is 0 Å². The number of piperidine rings is 1. The summed E-state index contributed by atoms with van der Waals surface area (Å²) in [5.74, 6) is 0.869. The largest absolute Gasteiger partial charge is 0.394 e. The van der Waals surface area contributed by atoms with Crippen LogP contribution in [0.1, 0.15) is 24.8 Å². The fourth-order valence-electron chi connectivity index (χ4n) is 4.97. The quantitative estimate of drug-likeness (QED) is 0.428. The summed E-state index contributed by atoms with van der Waals surface area (Å²) in [6.07, 6.45) is 9.53. The van der Waals surface area contributed by atoms with Gasteiger partial charge in [-0.1, -0.05) is 36.4 Å². The number of carbonyl (C=O) groups is 1. The second kappa shape index (κ2) is 10.3. The summed E-state index contributed by atoms with van der Waals surface area (Å²) in [7, 11) is 0. The van der Waals surface area contributed by atoms with Gasteiger partial charge in [-0.2, -0.15) is 5.10 Å². The lowest BCUT2D eigenvalue weighted by Crippen LogP contribution is -2.39. The molecule has 6 heteroatoms. The van der Waals surface area contributed by atoms with Crippen LogP contribution in [0, 0.1) is 5.92 Å². The zero-order valence-corrected chi connectivity index (χ0v) is 19.5. The Morgan fingerprint density at radius 2 is 1.85 bits per heavy atom. The predicted molar refractivity (Wildman–Crippen MR) is 134 cm³/mol. The molecule has 0 bridgehead atoms. The number of amides is 1. The van der Waals surface area contributed by atoms with Crippen molar-refractivity contribution < 1.29 is 9.90 Å². The molecule has 34 heavy (non-hydrogen) atoms. The first-order chi connectivity index (χ1) is 16.7. The van der Waals surface area contributed by atoms with Crippen LogP contribution in [-0.4, -0.2) is 50.0 Å². The van der Waals surface area contributed by atoms with Crippen molar-refractivity contribution >= 4 is 16.8 Å². The van der Waals surface area contributed by atoms with Crippen LogP contribution in [0.5, 0.6) is 0 Å². The minimum atomic E-state index is 0.0871. The van der Waals surface area contributed by atoms with Crippen molar-refractivity contribution in [3.63, 3.8) is 0 Å². The number of aromatic nitrogens is 3. The Kier molecular flexibility index (Phi) is 6.77. The first kappa shape index (κ1) is 22.4. The van der Waals surface area contributed by atoms with E-state index in [0.29, 0.717) is 18.9 Å². The summed E-state index contributed by atoms with van der Waals surface area (Å²) in [5.41, 5.74) is 4.67. The number of fused-ring (bicyclic) bond motifs is 1. The van der Waals surface area contributed by atoms with E-state index >= 15 is 0 Å². The number of aliphatic hydroxyl groups is 1. The number of hydrogen-bond donors (Lipinski definition) is 1. The van der Waals surface area contributed by atoms with Gasteiger partial charge in [0.15, 0.2) is 0 Å². The molecule has 4 aromatic rings. The van der Waals surface area contributed by atoms with Crippen LogP contribution in [0.3, 0.4) is 0 Å². The Balaban J connectivity index is 1.16. The molecule has 0 aliphatic carbocycles. The summed E-state index contributed by atoms with van der Waals surface area (Å²) in [6, 6.07) is 19.0. The van der Waals surface area contributed by atoms with Crippen molar-refractivity contribution in [1.29, 1.82) is 0 Å². The monoisotopic (exact) mass is 456 g/mol. The van der Waals surface area contributed by atoms with Gasteiger partial charge in [-0.3, -0.25) is 9.48 Å². The van der Waals surface area contributed by atoms with Gasteiger partial charge in [0, 0.05) is 54.9 Å². The minimum absolute atomic E-state index is 0.0871. The van der Waals surface area contributed by atoms with Crippen LogP contribution < -0.4 is 0 Å². The number of hydrogen-bond acceptors (Lipinski definition) is 3. The Labute approximate surface area is 200 Å². The third-order valence-electron chi connectivity index (χ3n) is 6.96. The van der Waals surface area contributed by atoms with Gasteiger partial charge >= 0.3 is 0 Å². The van der Waals surface area contributed by atoms with E-state index in [1.54, 1.807) is 4.68 Å². The van der Waals surface area contributed by atoms with E-state index in [2.05, 4.69) is 57.2 Å². The molecular weight excluding hydrogens is 424 g/mol. The van der Waals surface area contributed by atoms with Crippen LogP contribution >= 0.6 is 0 Å². The molecule has 2 aromatic carbocycles. The Morgan fingerprint density at radius 3 is 2.65 bits per heavy atom. The second-order valence-electron chi connectivity index (χ2n) is 9.27. The van der Waals surface area contributed by atoms with Gasteiger partial charge in [0.1, 0.15) is 0 Å². The average Bonchev–Trinajstić information content (AvgIpc) is 3.51. The maximum absolute atomic E-state index is 12.7. The molecule has 5 rings (SSSR count). The normalized spacial score (nSPS) is 14.7. The molecule has 0 spiro atoms. The topological polar surface area (TPSA) is 63.3 Å². The highest BCUT2D eigenvalue weighted by atomic mass is 16.3. The van der Waals surface area contributed by atoms with Crippen molar-refractivity contribution in [3.05, 3.63) is 78.8 Å². The lowest BCUT2D eigenvalue weighted by Gasteiger charge is -2.32. The van der Waals surface area contributed by atoms with Gasteiger partial charge in [0.25, 0.3) is 0 Å². The average molecular weight is 457 g/mol. The Morgan fingerprint density at radius 1 is 1.03 bits per heavy atom. The molecule has 1 aliphatic rings. The van der Waals surface area contributed by atoms with Gasteiger partial charge < -0.3 is 14.6 Å². The molecule has 176 valence electrons. The van der Waals surface area contributed by atoms with Gasteiger partial charge in [-0.15, -0.1) is 0 Å². The third kappa shape index (κ3) is 5.07. The molecule has 1 aliphatic heterocycles. The van der Waals surface area contributed by atoms with Gasteiger partial charge in [0.05, 0.1) is 19.3 Å². The third-order valence-corrected chi connectivity index (χ3v) is 6.96. The zero-order chi connectivity index (χ0) is 23.3. The minimum Gasteiger partial charge on any atom is -0.394 e. The van der Waals surface area contributed by atoms with Gasteiger partial charge in [0.2, 0.25) is 5.91 Å². The van der Waals surface area contributed by atoms with E-state index < -0.39 is 0 Å². The van der Waals surface area contributed by atoms with Gasteiger partial charge in [-0.25, -0.2) is 0 Å². The van der Waals surface area contributed by atoms with E-state index in [4.69, 9.17) is 5.11 Å². The zero-order valence-electron chi connectivity index (χ0n) is 19.5. The summed E-state index contributed by atoms with van der Waals surface area (Å²) >= 11 is 0. The number of benzene rings is 2. The fourth-order valence-corrected chi connectivity index (χ4v) is 4.97. The van der Waals surface area contributed by atoms with E-state index in [9.17, 15) is 4.79 Å². The number of aryl methyl sites for hydroxylation is 1. The van der Waals surface area contributed by atoms with Crippen molar-refractivity contribution in [2.45, 2.75) is 38.8 Å². The molecule has 0 radical (unpaired) electrons. The number of likely N-dealkylation sites (tertiary alicyclic amines) is 1. The SMILES string of the molecule is O=C(CCc1ccccc1)N1CCC(Cn2ccc3cc(-c4cnn(CCO)c4)ccc32)CC1.